The third-order valence-corrected chi connectivity index (χ3v) is 5.79. The van der Waals surface area contributed by atoms with Gasteiger partial charge >= 0.3 is 6.03 Å². The van der Waals surface area contributed by atoms with Crippen molar-refractivity contribution >= 4 is 34.2 Å². The molecule has 4 aromatic rings. The Morgan fingerprint density at radius 2 is 1.85 bits per heavy atom. The van der Waals surface area contributed by atoms with Crippen LogP contribution in [-0.4, -0.2) is 34.1 Å². The summed E-state index contributed by atoms with van der Waals surface area (Å²) in [4.78, 5) is 33.0. The lowest BCUT2D eigenvalue weighted by atomic mass is 10.2. The lowest BCUT2D eigenvalue weighted by molar-refractivity contribution is 0.205. The number of benzene rings is 3. The number of urea groups is 1. The molecule has 1 atom stereocenters. The van der Waals surface area contributed by atoms with Crippen molar-refractivity contribution in [1.29, 1.82) is 0 Å². The molecule has 0 aliphatic rings. The van der Waals surface area contributed by atoms with Crippen molar-refractivity contribution in [2.24, 2.45) is 0 Å². The average molecular weight is 477 g/mol. The zero-order chi connectivity index (χ0) is 24.2. The molecule has 1 unspecified atom stereocenters. The maximum Gasteiger partial charge on any atom is 0.322 e. The molecule has 7 nitrogen and oxygen atoms in total. The summed E-state index contributed by atoms with van der Waals surface area (Å²) >= 11 is 6.04. The molecule has 3 aromatic carbocycles. The number of aromatic nitrogens is 2. The van der Waals surface area contributed by atoms with E-state index in [0.717, 1.165) is 0 Å². The van der Waals surface area contributed by atoms with E-state index in [9.17, 15) is 9.59 Å². The molecule has 2 amide bonds. The number of fused-ring (bicyclic) bond motifs is 1. The molecule has 0 saturated carbocycles. The predicted molar refractivity (Wildman–Crippen MR) is 135 cm³/mol. The van der Waals surface area contributed by atoms with Crippen LogP contribution in [-0.2, 0) is 0 Å². The summed E-state index contributed by atoms with van der Waals surface area (Å²) in [6.45, 7) is 4.16. The molecule has 34 heavy (non-hydrogen) atoms. The highest BCUT2D eigenvalue weighted by molar-refractivity contribution is 6.30. The molecular weight excluding hydrogens is 452 g/mol. The van der Waals surface area contributed by atoms with Crippen molar-refractivity contribution in [2.75, 3.05) is 19.0 Å². The monoisotopic (exact) mass is 476 g/mol. The SMILES string of the molecule is CCOc1ccccc1-n1c(C(C)N(C)C(=O)Nc2cccc(Cl)c2)nc2ccccc2c1=O. The molecule has 174 valence electrons. The van der Waals surface area contributed by atoms with Crippen LogP contribution < -0.4 is 15.6 Å². The fraction of sp³-hybridized carbons (Fsp3) is 0.192. The van der Waals surface area contributed by atoms with Gasteiger partial charge in [0.2, 0.25) is 0 Å². The number of hydrogen-bond donors (Lipinski definition) is 1. The molecule has 0 fully saturated rings. The molecular formula is C26H25ClN4O3. The lowest BCUT2D eigenvalue weighted by Crippen LogP contribution is -2.37. The standard InChI is InChI=1S/C26H25ClN4O3/c1-4-34-23-15-8-7-14-22(23)31-24(29-21-13-6-5-12-20(21)25(31)32)17(2)30(3)26(33)28-19-11-9-10-18(27)16-19/h5-17H,4H2,1-3H3,(H,28,33). The van der Waals surface area contributed by atoms with Crippen LogP contribution in [0, 0.1) is 0 Å². The van der Waals surface area contributed by atoms with Gasteiger partial charge in [0.1, 0.15) is 11.6 Å². The van der Waals surface area contributed by atoms with Crippen molar-refractivity contribution < 1.29 is 9.53 Å². The van der Waals surface area contributed by atoms with Gasteiger partial charge in [0.15, 0.2) is 0 Å². The summed E-state index contributed by atoms with van der Waals surface area (Å²) in [7, 11) is 1.66. The van der Waals surface area contributed by atoms with Gasteiger partial charge in [-0.2, -0.15) is 0 Å². The molecule has 1 aromatic heterocycles. The highest BCUT2D eigenvalue weighted by Crippen LogP contribution is 2.27. The topological polar surface area (TPSA) is 76.5 Å². The van der Waals surface area contributed by atoms with Crippen molar-refractivity contribution in [3.8, 4) is 11.4 Å². The molecule has 0 saturated heterocycles. The van der Waals surface area contributed by atoms with Gasteiger partial charge in [-0.3, -0.25) is 9.36 Å². The van der Waals surface area contributed by atoms with Crippen molar-refractivity contribution in [1.82, 2.24) is 14.5 Å². The Morgan fingerprint density at radius 3 is 2.62 bits per heavy atom. The second-order valence-corrected chi connectivity index (χ2v) is 8.19. The Bertz CT molecular complexity index is 1400. The second kappa shape index (κ2) is 9.97. The minimum absolute atomic E-state index is 0.233. The molecule has 0 aliphatic heterocycles. The minimum Gasteiger partial charge on any atom is -0.492 e. The Hall–Kier alpha value is -3.84. The van der Waals surface area contributed by atoms with Gasteiger partial charge in [-0.05, 0) is 56.3 Å². The number of rotatable bonds is 6. The first-order valence-electron chi connectivity index (χ1n) is 10.9. The first kappa shape index (κ1) is 23.3. The Morgan fingerprint density at radius 1 is 1.12 bits per heavy atom. The van der Waals surface area contributed by atoms with Crippen molar-refractivity contribution in [3.05, 3.63) is 94.0 Å². The molecule has 0 spiro atoms. The summed E-state index contributed by atoms with van der Waals surface area (Å²) in [5.41, 5.74) is 1.46. The van der Waals surface area contributed by atoms with E-state index in [2.05, 4.69) is 5.32 Å². The summed E-state index contributed by atoms with van der Waals surface area (Å²) < 4.78 is 7.33. The highest BCUT2D eigenvalue weighted by Gasteiger charge is 2.25. The number of para-hydroxylation sites is 3. The quantitative estimate of drug-likeness (QED) is 0.389. The van der Waals surface area contributed by atoms with Crippen molar-refractivity contribution in [2.45, 2.75) is 19.9 Å². The average Bonchev–Trinajstić information content (AvgIpc) is 2.84. The fourth-order valence-corrected chi connectivity index (χ4v) is 3.90. The number of nitrogens with one attached hydrogen (secondary N) is 1. The molecule has 0 aliphatic carbocycles. The molecule has 0 bridgehead atoms. The summed E-state index contributed by atoms with van der Waals surface area (Å²) in [6.07, 6.45) is 0. The van der Waals surface area contributed by atoms with Crippen LogP contribution in [0.3, 0.4) is 0 Å². The first-order chi connectivity index (χ1) is 16.4. The number of anilines is 1. The minimum atomic E-state index is -0.550. The van der Waals surface area contributed by atoms with Crippen LogP contribution in [0.25, 0.3) is 16.6 Å². The Balaban J connectivity index is 1.82. The maximum absolute atomic E-state index is 13.7. The van der Waals surface area contributed by atoms with Gasteiger partial charge in [0.05, 0.1) is 29.2 Å². The zero-order valence-corrected chi connectivity index (χ0v) is 19.9. The van der Waals surface area contributed by atoms with Gasteiger partial charge in [0, 0.05) is 17.8 Å². The molecule has 8 heteroatoms. The van der Waals surface area contributed by atoms with Gasteiger partial charge in [0.25, 0.3) is 5.56 Å². The molecule has 4 rings (SSSR count). The molecule has 1 N–H and O–H groups in total. The zero-order valence-electron chi connectivity index (χ0n) is 19.2. The maximum atomic E-state index is 13.7. The number of nitrogens with zero attached hydrogens (tertiary/aromatic N) is 3. The lowest BCUT2D eigenvalue weighted by Gasteiger charge is -2.27. The first-order valence-corrected chi connectivity index (χ1v) is 11.3. The van der Waals surface area contributed by atoms with E-state index < -0.39 is 6.04 Å². The van der Waals surface area contributed by atoms with Gasteiger partial charge < -0.3 is 15.0 Å². The van der Waals surface area contributed by atoms with E-state index >= 15 is 0 Å². The third-order valence-electron chi connectivity index (χ3n) is 5.56. The van der Waals surface area contributed by atoms with Crippen LogP contribution in [0.2, 0.25) is 5.02 Å². The van der Waals surface area contributed by atoms with Gasteiger partial charge in [-0.15, -0.1) is 0 Å². The number of ether oxygens (including phenoxy) is 1. The Labute approximate surface area is 202 Å². The third kappa shape index (κ3) is 4.61. The smallest absolute Gasteiger partial charge is 0.322 e. The summed E-state index contributed by atoms with van der Waals surface area (Å²) in [5.74, 6) is 0.975. The van der Waals surface area contributed by atoms with E-state index in [-0.39, 0.29) is 11.6 Å². The van der Waals surface area contributed by atoms with Crippen LogP contribution in [0.15, 0.2) is 77.6 Å². The second-order valence-electron chi connectivity index (χ2n) is 7.76. The van der Waals surface area contributed by atoms with E-state index in [4.69, 9.17) is 21.3 Å². The van der Waals surface area contributed by atoms with Gasteiger partial charge in [-0.25, -0.2) is 9.78 Å². The number of carbonyl (C=O) groups excluding carboxylic acids is 1. The molecule has 1 heterocycles. The van der Waals surface area contributed by atoms with Crippen LogP contribution in [0.1, 0.15) is 25.7 Å². The molecule has 0 radical (unpaired) electrons. The number of halogens is 1. The Kier molecular flexibility index (Phi) is 6.84. The van der Waals surface area contributed by atoms with Crippen LogP contribution >= 0.6 is 11.6 Å². The summed E-state index contributed by atoms with van der Waals surface area (Å²) in [5, 5.41) is 3.84. The van der Waals surface area contributed by atoms with Gasteiger partial charge in [-0.1, -0.05) is 41.9 Å². The highest BCUT2D eigenvalue weighted by atomic mass is 35.5. The number of carbonyl (C=O) groups is 1. The fourth-order valence-electron chi connectivity index (χ4n) is 3.71. The van der Waals surface area contributed by atoms with Crippen LogP contribution in [0.5, 0.6) is 5.75 Å². The van der Waals surface area contributed by atoms with Crippen molar-refractivity contribution in [3.63, 3.8) is 0 Å². The van der Waals surface area contributed by atoms with E-state index in [1.165, 1.54) is 9.47 Å². The summed E-state index contributed by atoms with van der Waals surface area (Å²) in [6, 6.07) is 20.5. The number of amides is 2. The van der Waals surface area contributed by atoms with Crippen LogP contribution in [0.4, 0.5) is 10.5 Å². The van der Waals surface area contributed by atoms with E-state index in [1.54, 1.807) is 49.5 Å². The van der Waals surface area contributed by atoms with E-state index in [0.29, 0.717) is 45.5 Å². The predicted octanol–water partition coefficient (Wildman–Crippen LogP) is 5.66. The normalized spacial score (nSPS) is 11.8. The largest absolute Gasteiger partial charge is 0.492 e. The number of hydrogen-bond acceptors (Lipinski definition) is 4. The van der Waals surface area contributed by atoms with E-state index in [1.807, 2.05) is 44.2 Å².